The van der Waals surface area contributed by atoms with Gasteiger partial charge in [-0.2, -0.15) is 0 Å². The maximum Gasteiger partial charge on any atom is 0.272 e. The molecule has 5 heterocycles. The third-order valence-corrected chi connectivity index (χ3v) is 10.1. The van der Waals surface area contributed by atoms with Gasteiger partial charge in [-0.05, 0) is 48.9 Å². The van der Waals surface area contributed by atoms with Crippen molar-refractivity contribution < 1.29 is 9.59 Å². The minimum Gasteiger partial charge on any atom is -0.340 e. The van der Waals surface area contributed by atoms with E-state index in [1.165, 1.54) is 0 Å². The van der Waals surface area contributed by atoms with Crippen molar-refractivity contribution in [3.8, 4) is 33.8 Å². The molecule has 0 radical (unpaired) electrons. The van der Waals surface area contributed by atoms with Gasteiger partial charge in [0.1, 0.15) is 23.4 Å². The summed E-state index contributed by atoms with van der Waals surface area (Å²) in [6.45, 7) is 1.25. The Bertz CT molecular complexity index is 2190. The summed E-state index contributed by atoms with van der Waals surface area (Å²) in [5.74, 6) is 1.11. The maximum atomic E-state index is 13.4. The summed E-state index contributed by atoms with van der Waals surface area (Å²) in [6, 6.07) is 29.7. The highest BCUT2D eigenvalue weighted by molar-refractivity contribution is 6.44. The number of rotatable bonds is 9. The van der Waals surface area contributed by atoms with Crippen LogP contribution in [0.25, 0.3) is 33.8 Å². The molecule has 2 aliphatic rings. The van der Waals surface area contributed by atoms with Crippen LogP contribution in [-0.4, -0.2) is 65.3 Å². The van der Waals surface area contributed by atoms with E-state index in [2.05, 4.69) is 19.9 Å². The second-order valence-electron chi connectivity index (χ2n) is 13.3. The van der Waals surface area contributed by atoms with Gasteiger partial charge in [-0.3, -0.25) is 20.0 Å². The third-order valence-electron chi connectivity index (χ3n) is 10.1. The average Bonchev–Trinajstić information content (AvgIpc) is 4.04. The fourth-order valence-corrected chi connectivity index (χ4v) is 7.31. The Kier molecular flexibility index (Phi) is 9.00. The zero-order valence-corrected chi connectivity index (χ0v) is 28.6. The van der Waals surface area contributed by atoms with Gasteiger partial charge >= 0.3 is 0 Å². The quantitative estimate of drug-likeness (QED) is 0.125. The molecule has 2 saturated heterocycles. The zero-order valence-electron chi connectivity index (χ0n) is 28.6. The van der Waals surface area contributed by atoms with Gasteiger partial charge in [-0.25, -0.2) is 9.97 Å². The molecule has 260 valence electrons. The number of amides is 2. The highest BCUT2D eigenvalue weighted by Gasteiger charge is 2.36. The van der Waals surface area contributed by atoms with Crippen molar-refractivity contribution in [2.24, 2.45) is 5.73 Å². The number of nitrogens with one attached hydrogen (secondary N) is 3. The van der Waals surface area contributed by atoms with Crippen LogP contribution in [-0.2, 0) is 9.59 Å². The summed E-state index contributed by atoms with van der Waals surface area (Å²) in [6.07, 6.45) is 8.80. The highest BCUT2D eigenvalue weighted by Crippen LogP contribution is 2.35. The largest absolute Gasteiger partial charge is 0.340 e. The summed E-state index contributed by atoms with van der Waals surface area (Å²) in [4.78, 5) is 51.2. The van der Waals surface area contributed by atoms with Crippen LogP contribution in [0.1, 0.15) is 66.6 Å². The van der Waals surface area contributed by atoms with Crippen molar-refractivity contribution in [2.45, 2.75) is 43.8 Å². The van der Waals surface area contributed by atoms with Crippen molar-refractivity contribution in [2.75, 3.05) is 13.1 Å². The smallest absolute Gasteiger partial charge is 0.272 e. The summed E-state index contributed by atoms with van der Waals surface area (Å²) < 4.78 is 0. The lowest BCUT2D eigenvalue weighted by Gasteiger charge is -2.26. The van der Waals surface area contributed by atoms with Crippen LogP contribution < -0.4 is 5.73 Å². The molecule has 2 fully saturated rings. The van der Waals surface area contributed by atoms with Crippen molar-refractivity contribution in [1.29, 1.82) is 5.41 Å². The molecular weight excluding hydrogens is 651 g/mol. The van der Waals surface area contributed by atoms with Crippen molar-refractivity contribution in [3.05, 3.63) is 138 Å². The topological polar surface area (TPSA) is 161 Å². The standard InChI is InChI=1S/C41H39N9O2/c42-36(28-9-3-1-4-10-28)40(51)49-21-7-13-34(49)38-45-24-32(47-38)27-17-15-26(16-18-27)31-20-19-30(23-44-31)33-25-46-39(48-33)35-14-8-22-50(35)41(52)37(43)29-11-5-2-6-12-29/h1-6,9-12,15-20,23-25,34-36,43H,7-8,13-14,21-22,42H2,(H,45,47)(H,46,48)/t34-,35-,36+/m0/s1. The normalized spacial score (nSPS) is 17.7. The van der Waals surface area contributed by atoms with Crippen LogP contribution in [0, 0.1) is 5.41 Å². The summed E-state index contributed by atoms with van der Waals surface area (Å²) in [5.41, 5.74) is 13.2. The summed E-state index contributed by atoms with van der Waals surface area (Å²) >= 11 is 0. The maximum absolute atomic E-state index is 13.4. The number of likely N-dealkylation sites (tertiary alicyclic amines) is 2. The Labute approximate surface area is 301 Å². The molecule has 2 aliphatic heterocycles. The number of pyridine rings is 1. The zero-order chi connectivity index (χ0) is 35.6. The molecule has 3 atom stereocenters. The second kappa shape index (κ2) is 14.2. The average molecular weight is 690 g/mol. The molecule has 0 bridgehead atoms. The van der Waals surface area contributed by atoms with Crippen LogP contribution in [0.3, 0.4) is 0 Å². The molecule has 8 rings (SSSR count). The third kappa shape index (κ3) is 6.42. The van der Waals surface area contributed by atoms with E-state index in [1.807, 2.05) is 102 Å². The Morgan fingerprint density at radius 3 is 1.87 bits per heavy atom. The number of nitrogens with zero attached hydrogens (tertiary/aromatic N) is 5. The number of hydrogen-bond donors (Lipinski definition) is 4. The molecule has 3 aromatic carbocycles. The van der Waals surface area contributed by atoms with Crippen molar-refractivity contribution in [1.82, 2.24) is 34.7 Å². The molecule has 0 unspecified atom stereocenters. The second-order valence-corrected chi connectivity index (χ2v) is 13.3. The Morgan fingerprint density at radius 1 is 0.673 bits per heavy atom. The van der Waals surface area contributed by atoms with E-state index in [1.54, 1.807) is 23.2 Å². The first-order chi connectivity index (χ1) is 25.4. The predicted octanol–water partition coefficient (Wildman–Crippen LogP) is 6.62. The van der Waals surface area contributed by atoms with E-state index in [0.29, 0.717) is 24.5 Å². The van der Waals surface area contributed by atoms with E-state index in [4.69, 9.17) is 16.1 Å². The van der Waals surface area contributed by atoms with Gasteiger partial charge in [-0.1, -0.05) is 84.9 Å². The highest BCUT2D eigenvalue weighted by atomic mass is 16.2. The fourth-order valence-electron chi connectivity index (χ4n) is 7.31. The summed E-state index contributed by atoms with van der Waals surface area (Å²) in [7, 11) is 0. The molecule has 0 saturated carbocycles. The number of carbonyl (C=O) groups is 2. The molecule has 11 heteroatoms. The number of nitrogens with two attached hydrogens (primary N) is 1. The van der Waals surface area contributed by atoms with Crippen molar-refractivity contribution in [3.63, 3.8) is 0 Å². The molecule has 11 nitrogen and oxygen atoms in total. The van der Waals surface area contributed by atoms with Crippen LogP contribution in [0.2, 0.25) is 0 Å². The van der Waals surface area contributed by atoms with Crippen molar-refractivity contribution >= 4 is 17.5 Å². The molecule has 5 N–H and O–H groups in total. The Hall–Kier alpha value is -6.20. The van der Waals surface area contributed by atoms with Gasteiger partial charge < -0.3 is 25.5 Å². The molecule has 3 aromatic heterocycles. The Morgan fingerprint density at radius 2 is 1.23 bits per heavy atom. The van der Waals surface area contributed by atoms with Gasteiger partial charge in [0.25, 0.3) is 5.91 Å². The SMILES string of the molecule is N=C(C(=O)N1CCC[C@H]1c1ncc(-c2ccc(-c3ccc(-c4cnc([C@@H]5CCCN5C(=O)[C@H](N)c5ccccc5)[nH]4)cc3)nc2)[nH]1)c1ccccc1. The molecule has 6 aromatic rings. The number of aromatic nitrogens is 5. The van der Waals surface area contributed by atoms with Gasteiger partial charge in [0.05, 0.1) is 41.6 Å². The van der Waals surface area contributed by atoms with Crippen LogP contribution >= 0.6 is 0 Å². The lowest BCUT2D eigenvalue weighted by molar-refractivity contribution is -0.133. The number of imidazole rings is 2. The molecule has 0 spiro atoms. The lowest BCUT2D eigenvalue weighted by Crippen LogP contribution is -2.38. The number of carbonyl (C=O) groups excluding carboxylic acids is 2. The van der Waals surface area contributed by atoms with E-state index in [9.17, 15) is 9.59 Å². The minimum atomic E-state index is -0.703. The fraction of sp³-hybridized carbons (Fsp3) is 0.220. The predicted molar refractivity (Wildman–Crippen MR) is 199 cm³/mol. The first-order valence-electron chi connectivity index (χ1n) is 17.7. The lowest BCUT2D eigenvalue weighted by atomic mass is 10.1. The van der Waals surface area contributed by atoms with Gasteiger partial charge in [0.2, 0.25) is 5.91 Å². The van der Waals surface area contributed by atoms with E-state index >= 15 is 0 Å². The van der Waals surface area contributed by atoms with E-state index in [0.717, 1.165) is 70.8 Å². The first-order valence-corrected chi connectivity index (χ1v) is 17.7. The van der Waals surface area contributed by atoms with Gasteiger partial charge in [-0.15, -0.1) is 0 Å². The number of hydrogen-bond acceptors (Lipinski definition) is 7. The van der Waals surface area contributed by atoms with Crippen LogP contribution in [0.15, 0.2) is 116 Å². The number of benzene rings is 3. The van der Waals surface area contributed by atoms with Crippen LogP contribution in [0.4, 0.5) is 0 Å². The summed E-state index contributed by atoms with van der Waals surface area (Å²) in [5, 5.41) is 8.48. The van der Waals surface area contributed by atoms with Gasteiger partial charge in [0, 0.05) is 36.0 Å². The Balaban J connectivity index is 0.921. The minimum absolute atomic E-state index is 0.00437. The monoisotopic (exact) mass is 689 g/mol. The first kappa shape index (κ1) is 33.0. The number of H-pyrrole nitrogens is 2. The van der Waals surface area contributed by atoms with Crippen LogP contribution in [0.5, 0.6) is 0 Å². The van der Waals surface area contributed by atoms with E-state index < -0.39 is 6.04 Å². The van der Waals surface area contributed by atoms with Gasteiger partial charge in [0.15, 0.2) is 0 Å². The molecule has 0 aliphatic carbocycles. The molecular formula is C41H39N9O2. The molecule has 52 heavy (non-hydrogen) atoms. The molecule has 2 amide bonds. The van der Waals surface area contributed by atoms with E-state index in [-0.39, 0.29) is 29.6 Å². The number of aromatic amines is 2.